The second kappa shape index (κ2) is 3.85. The average Bonchev–Trinajstić information content (AvgIpc) is 1.68. The largest absolute Gasteiger partial charge is 0.303 e. The lowest BCUT2D eigenvalue weighted by molar-refractivity contribution is -0.110. The molecule has 0 rings (SSSR count). The topological polar surface area (TPSA) is 17.1 Å². The molecule has 40 valence electrons. The molecule has 0 bridgehead atoms. The third-order valence-corrected chi connectivity index (χ3v) is 0.797. The predicted molar refractivity (Wildman–Crippen MR) is 28.8 cm³/mol. The van der Waals surface area contributed by atoms with Crippen molar-refractivity contribution in [2.75, 3.05) is 0 Å². The van der Waals surface area contributed by atoms with Crippen LogP contribution in [-0.4, -0.2) is 6.29 Å². The maximum absolute atomic E-state index is 9.77. The number of carbonyl (C=O) groups excluding carboxylic acids is 1. The van der Waals surface area contributed by atoms with E-state index in [1.807, 2.05) is 6.92 Å². The van der Waals surface area contributed by atoms with Crippen LogP contribution in [0.5, 0.6) is 0 Å². The Morgan fingerprint density at radius 2 is 2.43 bits per heavy atom. The quantitative estimate of drug-likeness (QED) is 0.486. The van der Waals surface area contributed by atoms with E-state index >= 15 is 0 Å². The van der Waals surface area contributed by atoms with Gasteiger partial charge in [-0.1, -0.05) is 13.3 Å². The molecule has 0 aromatic rings. The summed E-state index contributed by atoms with van der Waals surface area (Å²) in [5.41, 5.74) is 0. The summed E-state index contributed by atoms with van der Waals surface area (Å²) in [5, 5.41) is 0. The second-order valence-corrected chi connectivity index (χ2v) is 1.59. The van der Waals surface area contributed by atoms with Gasteiger partial charge in [0, 0.05) is 5.92 Å². The molecule has 0 aromatic heterocycles. The van der Waals surface area contributed by atoms with E-state index < -0.39 is 0 Å². The monoisotopic (exact) mass is 98.1 g/mol. The number of rotatable bonds is 3. The van der Waals surface area contributed by atoms with Gasteiger partial charge in [0.2, 0.25) is 0 Å². The Morgan fingerprint density at radius 3 is 2.57 bits per heavy atom. The fourth-order valence-corrected chi connectivity index (χ4v) is 0.401. The molecule has 0 N–H and O–H groups in total. The number of aldehydes is 1. The van der Waals surface area contributed by atoms with E-state index in [1.165, 1.54) is 0 Å². The molecule has 0 unspecified atom stereocenters. The van der Waals surface area contributed by atoms with Gasteiger partial charge in [-0.3, -0.25) is 0 Å². The highest BCUT2D eigenvalue weighted by Crippen LogP contribution is 1.98. The van der Waals surface area contributed by atoms with Crippen LogP contribution in [0.2, 0.25) is 0 Å². The van der Waals surface area contributed by atoms with E-state index in [0.29, 0.717) is 0 Å². The molecule has 1 nitrogen and oxygen atoms in total. The molecule has 2 radical (unpaired) electrons. The summed E-state index contributed by atoms with van der Waals surface area (Å²) in [6.45, 7) is 7.22. The zero-order chi connectivity index (χ0) is 5.70. The summed E-state index contributed by atoms with van der Waals surface area (Å²) in [4.78, 5) is 9.77. The first-order valence-electron chi connectivity index (χ1n) is 2.52. The lowest BCUT2D eigenvalue weighted by atomic mass is 10.1. The summed E-state index contributed by atoms with van der Waals surface area (Å²) < 4.78 is 0. The molecule has 0 heterocycles. The SMILES string of the molecule is [CH][C@H](C=O)CCC. The van der Waals surface area contributed by atoms with Crippen molar-refractivity contribution in [2.24, 2.45) is 5.92 Å². The average molecular weight is 98.1 g/mol. The molecule has 0 aliphatic heterocycles. The first kappa shape index (κ1) is 6.67. The maximum atomic E-state index is 9.77. The van der Waals surface area contributed by atoms with Crippen molar-refractivity contribution in [2.45, 2.75) is 19.8 Å². The molecule has 1 heteroatoms. The Hall–Kier alpha value is -0.330. The van der Waals surface area contributed by atoms with E-state index in [-0.39, 0.29) is 5.92 Å². The molecule has 0 saturated heterocycles. The standard InChI is InChI=1S/C6H10O/c1-3-4-6(2)5-7/h2,5-6H,3-4H2,1H3/t6-/m0/s1. The van der Waals surface area contributed by atoms with Crippen molar-refractivity contribution in [1.82, 2.24) is 0 Å². The molecule has 0 aliphatic carbocycles. The Bertz CT molecular complexity index is 50.1. The summed E-state index contributed by atoms with van der Waals surface area (Å²) in [6, 6.07) is 0. The summed E-state index contributed by atoms with van der Waals surface area (Å²) in [5.74, 6) is -0.231. The van der Waals surface area contributed by atoms with Crippen molar-refractivity contribution in [3.05, 3.63) is 6.92 Å². The smallest absolute Gasteiger partial charge is 0.123 e. The van der Waals surface area contributed by atoms with Gasteiger partial charge in [-0.25, -0.2) is 0 Å². The molecule has 0 aromatic carbocycles. The third-order valence-electron chi connectivity index (χ3n) is 0.797. The van der Waals surface area contributed by atoms with Crippen LogP contribution in [0.3, 0.4) is 0 Å². The molecule has 7 heavy (non-hydrogen) atoms. The number of hydrogen-bond donors (Lipinski definition) is 0. The zero-order valence-electron chi connectivity index (χ0n) is 4.55. The van der Waals surface area contributed by atoms with Crippen molar-refractivity contribution in [3.8, 4) is 0 Å². The molecule has 0 saturated carbocycles. The minimum Gasteiger partial charge on any atom is -0.303 e. The fourth-order valence-electron chi connectivity index (χ4n) is 0.401. The highest BCUT2D eigenvalue weighted by atomic mass is 16.1. The van der Waals surface area contributed by atoms with Gasteiger partial charge in [-0.05, 0) is 13.3 Å². The second-order valence-electron chi connectivity index (χ2n) is 1.59. The molecule has 0 aliphatic rings. The van der Waals surface area contributed by atoms with Gasteiger partial charge < -0.3 is 4.79 Å². The highest BCUT2D eigenvalue weighted by molar-refractivity contribution is 5.54. The van der Waals surface area contributed by atoms with Gasteiger partial charge in [0.15, 0.2) is 0 Å². The van der Waals surface area contributed by atoms with Gasteiger partial charge >= 0.3 is 0 Å². The van der Waals surface area contributed by atoms with Gasteiger partial charge in [0.05, 0.1) is 0 Å². The van der Waals surface area contributed by atoms with Crippen LogP contribution in [-0.2, 0) is 4.79 Å². The van der Waals surface area contributed by atoms with E-state index in [2.05, 4.69) is 0 Å². The van der Waals surface area contributed by atoms with E-state index in [4.69, 9.17) is 6.92 Å². The molecular formula is C6H10O. The Kier molecular flexibility index (Phi) is 3.67. The predicted octanol–water partition coefficient (Wildman–Crippen LogP) is 1.31. The van der Waals surface area contributed by atoms with Crippen LogP contribution in [0.1, 0.15) is 19.8 Å². The molecular weight excluding hydrogens is 88.1 g/mol. The minimum atomic E-state index is -0.231. The van der Waals surface area contributed by atoms with E-state index in [0.717, 1.165) is 19.1 Å². The van der Waals surface area contributed by atoms with Crippen LogP contribution in [0.4, 0.5) is 0 Å². The van der Waals surface area contributed by atoms with Gasteiger partial charge in [0.25, 0.3) is 0 Å². The van der Waals surface area contributed by atoms with Crippen molar-refractivity contribution < 1.29 is 4.79 Å². The number of hydrogen-bond acceptors (Lipinski definition) is 1. The Balaban J connectivity index is 2.98. The lowest BCUT2D eigenvalue weighted by Gasteiger charge is -1.94. The third kappa shape index (κ3) is 3.50. The molecule has 1 atom stereocenters. The van der Waals surface area contributed by atoms with Crippen LogP contribution in [0, 0.1) is 12.8 Å². The van der Waals surface area contributed by atoms with E-state index in [9.17, 15) is 4.79 Å². The number of carbonyl (C=O) groups is 1. The van der Waals surface area contributed by atoms with Crippen LogP contribution >= 0.6 is 0 Å². The Labute approximate surface area is 44.7 Å². The normalized spacial score (nSPS) is 13.4. The first-order valence-corrected chi connectivity index (χ1v) is 2.52. The maximum Gasteiger partial charge on any atom is 0.123 e. The zero-order valence-corrected chi connectivity index (χ0v) is 4.55. The van der Waals surface area contributed by atoms with Crippen LogP contribution < -0.4 is 0 Å². The Morgan fingerprint density at radius 1 is 1.86 bits per heavy atom. The first-order chi connectivity index (χ1) is 3.31. The molecule has 0 fully saturated rings. The minimum absolute atomic E-state index is 0.231. The van der Waals surface area contributed by atoms with Crippen molar-refractivity contribution in [1.29, 1.82) is 0 Å². The van der Waals surface area contributed by atoms with Crippen LogP contribution in [0.25, 0.3) is 0 Å². The van der Waals surface area contributed by atoms with Gasteiger partial charge in [-0.2, -0.15) is 0 Å². The summed E-state index contributed by atoms with van der Waals surface area (Å²) in [7, 11) is 0. The molecule has 0 amide bonds. The fraction of sp³-hybridized carbons (Fsp3) is 0.667. The van der Waals surface area contributed by atoms with Gasteiger partial charge in [0.1, 0.15) is 6.29 Å². The van der Waals surface area contributed by atoms with E-state index in [1.54, 1.807) is 0 Å². The molecule has 0 spiro atoms. The van der Waals surface area contributed by atoms with Crippen molar-refractivity contribution in [3.63, 3.8) is 0 Å². The lowest BCUT2D eigenvalue weighted by Crippen LogP contribution is -1.92. The van der Waals surface area contributed by atoms with Crippen LogP contribution in [0.15, 0.2) is 0 Å². The van der Waals surface area contributed by atoms with Gasteiger partial charge in [-0.15, -0.1) is 0 Å². The summed E-state index contributed by atoms with van der Waals surface area (Å²) >= 11 is 0. The van der Waals surface area contributed by atoms with Crippen molar-refractivity contribution >= 4 is 6.29 Å². The summed E-state index contributed by atoms with van der Waals surface area (Å²) in [6.07, 6.45) is 2.58. The highest BCUT2D eigenvalue weighted by Gasteiger charge is 1.93.